The molecule has 0 spiro atoms. The maximum atomic E-state index is 14.3. The lowest BCUT2D eigenvalue weighted by atomic mass is 10.0. The highest BCUT2D eigenvalue weighted by atomic mass is 32.2. The van der Waals surface area contributed by atoms with Crippen LogP contribution in [0.4, 0.5) is 5.69 Å². The maximum absolute atomic E-state index is 14.3. The van der Waals surface area contributed by atoms with Crippen LogP contribution in [0.3, 0.4) is 0 Å². The first-order valence-corrected chi connectivity index (χ1v) is 21.0. The zero-order valence-electron chi connectivity index (χ0n) is 30.9. The van der Waals surface area contributed by atoms with Crippen LogP contribution in [0.5, 0.6) is 0 Å². The molecule has 2 aliphatic rings. The molecule has 51 heavy (non-hydrogen) atoms. The highest BCUT2D eigenvalue weighted by molar-refractivity contribution is 8.15. The number of carbonyl (C=O) groups is 2. The number of nitrogens with zero attached hydrogens (tertiary/aromatic N) is 6. The number of hydrazone groups is 1. The molecule has 12 heteroatoms. The van der Waals surface area contributed by atoms with Gasteiger partial charge in [0.15, 0.2) is 5.78 Å². The van der Waals surface area contributed by atoms with Crippen LogP contribution in [-0.2, 0) is 9.79 Å². The van der Waals surface area contributed by atoms with Crippen LogP contribution < -0.4 is 10.1 Å². The molecular weight excluding hydrogens is 677 g/mol. The molecule has 2 N–H and O–H groups in total. The van der Waals surface area contributed by atoms with Crippen molar-refractivity contribution in [1.29, 1.82) is 0 Å². The van der Waals surface area contributed by atoms with Gasteiger partial charge in [0.05, 0.1) is 6.04 Å². The normalized spacial score (nSPS) is 16.0. The molecule has 0 fully saturated rings. The largest absolute Gasteiger partial charge is 0.326 e. The molecule has 278 valence electrons. The zero-order chi connectivity index (χ0) is 36.2. The van der Waals surface area contributed by atoms with E-state index >= 15 is 0 Å². The average molecular weight is 735 g/mol. The van der Waals surface area contributed by atoms with Crippen LogP contribution in [0.2, 0.25) is 0 Å². The number of rotatable bonds is 26. The fourth-order valence-electron chi connectivity index (χ4n) is 6.29. The number of amides is 1. The molecule has 0 aromatic heterocycles. The summed E-state index contributed by atoms with van der Waals surface area (Å²) in [7, 11) is 0. The standard InChI is InChI=1S/C39H58N8O2S2/c1-4-7-9-10-11-12-13-14-15-16-17-18-22-26-35(48)40-33-29-27-31(28-30-33)36(49)37(38-41-47(46-51-38)34(6-3)25-8-5-2)50-39(42-44-45-43-39)32-23-20-19-21-24-32/h19-21,23-24,27-30,34,37,46H,4-18,22,25-26H2,1-3H3,(H,40,48). The zero-order valence-corrected chi connectivity index (χ0v) is 32.5. The summed E-state index contributed by atoms with van der Waals surface area (Å²) in [5.74, 6) is -0.127. The second-order valence-corrected chi connectivity index (χ2v) is 15.6. The molecule has 0 radical (unpaired) electrons. The third-order valence-corrected chi connectivity index (χ3v) is 11.8. The van der Waals surface area contributed by atoms with Crippen molar-refractivity contribution in [2.24, 2.45) is 25.8 Å². The summed E-state index contributed by atoms with van der Waals surface area (Å²) in [6.07, 6.45) is 21.2. The van der Waals surface area contributed by atoms with Gasteiger partial charge in [0.2, 0.25) is 5.91 Å². The third-order valence-electron chi connectivity index (χ3n) is 9.41. The number of ketones is 1. The first kappa shape index (κ1) is 40.7. The fraction of sp³-hybridized carbons (Fsp3) is 0.615. The van der Waals surface area contributed by atoms with Gasteiger partial charge in [0, 0.05) is 23.2 Å². The Morgan fingerprint density at radius 3 is 1.96 bits per heavy atom. The number of Topliss-reactive ketones (excluding diaryl/α,β-unsaturated/α-hetero) is 1. The van der Waals surface area contributed by atoms with E-state index in [0.29, 0.717) is 22.7 Å². The Balaban J connectivity index is 1.31. The smallest absolute Gasteiger partial charge is 0.266 e. The van der Waals surface area contributed by atoms with Crippen molar-refractivity contribution < 1.29 is 9.59 Å². The number of anilines is 1. The van der Waals surface area contributed by atoms with Crippen LogP contribution in [0, 0.1) is 0 Å². The molecular formula is C39H58N8O2S2. The molecule has 0 saturated heterocycles. The average Bonchev–Trinajstić information content (AvgIpc) is 3.85. The third kappa shape index (κ3) is 13.1. The van der Waals surface area contributed by atoms with Gasteiger partial charge in [-0.1, -0.05) is 153 Å². The molecule has 0 bridgehead atoms. The Morgan fingerprint density at radius 2 is 1.37 bits per heavy atom. The van der Waals surface area contributed by atoms with Gasteiger partial charge < -0.3 is 5.32 Å². The van der Waals surface area contributed by atoms with E-state index in [1.54, 1.807) is 24.3 Å². The lowest BCUT2D eigenvalue weighted by Crippen LogP contribution is -2.34. The van der Waals surface area contributed by atoms with Crippen LogP contribution >= 0.6 is 23.7 Å². The highest BCUT2D eigenvalue weighted by Crippen LogP contribution is 2.47. The van der Waals surface area contributed by atoms with Gasteiger partial charge in [-0.05, 0) is 65.9 Å². The Bertz CT molecular complexity index is 1410. The number of unbranched alkanes of at least 4 members (excludes halogenated alkanes) is 13. The van der Waals surface area contributed by atoms with Crippen molar-refractivity contribution in [2.45, 2.75) is 153 Å². The van der Waals surface area contributed by atoms with E-state index in [4.69, 9.17) is 5.10 Å². The monoisotopic (exact) mass is 734 g/mol. The number of nitrogens with one attached hydrogen (secondary N) is 2. The number of hydrogen-bond donors (Lipinski definition) is 2. The van der Waals surface area contributed by atoms with Gasteiger partial charge in [-0.2, -0.15) is 9.93 Å². The Morgan fingerprint density at radius 1 is 0.784 bits per heavy atom. The van der Waals surface area contributed by atoms with Gasteiger partial charge in [-0.25, -0.2) is 5.12 Å². The van der Waals surface area contributed by atoms with E-state index in [9.17, 15) is 9.59 Å². The minimum Gasteiger partial charge on any atom is -0.326 e. The molecule has 0 saturated carbocycles. The number of carbonyl (C=O) groups excluding carboxylic acids is 2. The van der Waals surface area contributed by atoms with Crippen molar-refractivity contribution in [3.05, 3.63) is 65.7 Å². The van der Waals surface area contributed by atoms with Gasteiger partial charge in [0.1, 0.15) is 10.3 Å². The highest BCUT2D eigenvalue weighted by Gasteiger charge is 2.44. The summed E-state index contributed by atoms with van der Waals surface area (Å²) in [4.78, 5) is 29.1. The van der Waals surface area contributed by atoms with E-state index in [-0.39, 0.29) is 17.7 Å². The molecule has 0 aliphatic carbocycles. The van der Waals surface area contributed by atoms with Crippen LogP contribution in [0.1, 0.15) is 152 Å². The minimum absolute atomic E-state index is 0.00349. The van der Waals surface area contributed by atoms with Gasteiger partial charge in [-0.3, -0.25) is 9.59 Å². The van der Waals surface area contributed by atoms with Gasteiger partial charge in [-0.15, -0.1) is 10.2 Å². The number of benzene rings is 2. The van der Waals surface area contributed by atoms with Crippen LogP contribution in [-0.4, -0.2) is 33.1 Å². The second-order valence-electron chi connectivity index (χ2n) is 13.5. The lowest BCUT2D eigenvalue weighted by Gasteiger charge is -2.25. The summed E-state index contributed by atoms with van der Waals surface area (Å²) in [5.41, 5.74) is 1.97. The summed E-state index contributed by atoms with van der Waals surface area (Å²) in [6.45, 7) is 6.60. The van der Waals surface area contributed by atoms with Crippen LogP contribution in [0.15, 0.2) is 80.4 Å². The molecule has 2 aromatic rings. The maximum Gasteiger partial charge on any atom is 0.266 e. The molecule has 10 nitrogen and oxygen atoms in total. The lowest BCUT2D eigenvalue weighted by molar-refractivity contribution is -0.116. The summed E-state index contributed by atoms with van der Waals surface area (Å²) in [5, 5.41) is 26.2. The van der Waals surface area contributed by atoms with Gasteiger partial charge >= 0.3 is 0 Å². The molecule has 2 aromatic carbocycles. The van der Waals surface area contributed by atoms with E-state index in [1.807, 2.05) is 35.4 Å². The van der Waals surface area contributed by atoms with Crippen molar-refractivity contribution in [3.8, 4) is 0 Å². The predicted molar refractivity (Wildman–Crippen MR) is 213 cm³/mol. The quantitative estimate of drug-likeness (QED) is 0.0563. The second kappa shape index (κ2) is 22.8. The topological polar surface area (TPSA) is 123 Å². The molecule has 4 rings (SSSR count). The van der Waals surface area contributed by atoms with Crippen molar-refractivity contribution >= 4 is 46.1 Å². The Labute approximate surface area is 314 Å². The first-order chi connectivity index (χ1) is 25.0. The Hall–Kier alpha value is -3.09. The van der Waals surface area contributed by atoms with E-state index < -0.39 is 10.2 Å². The molecule has 2 unspecified atom stereocenters. The molecule has 2 heterocycles. The first-order valence-electron chi connectivity index (χ1n) is 19.3. The summed E-state index contributed by atoms with van der Waals surface area (Å²) >= 11 is 2.62. The Kier molecular flexibility index (Phi) is 18.2. The van der Waals surface area contributed by atoms with Crippen molar-refractivity contribution in [3.63, 3.8) is 0 Å². The van der Waals surface area contributed by atoms with Gasteiger partial charge in [0.25, 0.3) is 4.99 Å². The molecule has 1 amide bonds. The number of thioether (sulfide) groups is 1. The summed E-state index contributed by atoms with van der Waals surface area (Å²) < 4.78 is 0. The number of hydrogen-bond acceptors (Lipinski definition) is 11. The van der Waals surface area contributed by atoms with Crippen molar-refractivity contribution in [1.82, 2.24) is 9.95 Å². The molecule has 2 aliphatic heterocycles. The predicted octanol–water partition coefficient (Wildman–Crippen LogP) is 11.8. The summed E-state index contributed by atoms with van der Waals surface area (Å²) in [6, 6.07) is 16.9. The van der Waals surface area contributed by atoms with E-state index in [1.165, 1.54) is 94.3 Å². The van der Waals surface area contributed by atoms with E-state index in [2.05, 4.69) is 51.6 Å². The fourth-order valence-corrected chi connectivity index (χ4v) is 8.45. The van der Waals surface area contributed by atoms with Crippen molar-refractivity contribution in [2.75, 3.05) is 5.32 Å². The molecule has 2 atom stereocenters. The number of hydrazine groups is 1. The van der Waals surface area contributed by atoms with E-state index in [0.717, 1.165) is 44.1 Å². The SMILES string of the molecule is CCCCCCCCCCCCCCCC(=O)Nc1ccc(C(=O)C(SC2(c3ccccc3)N=NN=N2)C2=NN(C(CC)CCCC)NS2)cc1. The van der Waals surface area contributed by atoms with Crippen LogP contribution in [0.25, 0.3) is 0 Å². The minimum atomic E-state index is -1.20.